The largest absolute Gasteiger partial charge is 0.462 e. The Morgan fingerprint density at radius 1 is 0.292 bits per heavy atom. The SMILES string of the molecule is CC/C=C\C/C=C\C/C=C\C/C=C\CCCCCCCCC(=O)OC(COC(=O)CCCCCCC/C=C\CCCC)COC(=O)CCCCCCCCCCCCCCCCCCCCCCCCCC. The fourth-order valence-electron chi connectivity index (χ4n) is 9.06. The first-order valence-corrected chi connectivity index (χ1v) is 31.3. The van der Waals surface area contributed by atoms with Crippen molar-refractivity contribution >= 4 is 17.9 Å². The number of unbranched alkanes of at least 4 members (excludes halogenated alkanes) is 36. The third kappa shape index (κ3) is 58.0. The number of esters is 3. The van der Waals surface area contributed by atoms with Crippen LogP contribution < -0.4 is 0 Å². The van der Waals surface area contributed by atoms with Crippen LogP contribution in [0.5, 0.6) is 0 Å². The fourth-order valence-corrected chi connectivity index (χ4v) is 9.06. The molecular formula is C66H118O6. The molecule has 0 saturated heterocycles. The van der Waals surface area contributed by atoms with Gasteiger partial charge in [0.15, 0.2) is 6.10 Å². The summed E-state index contributed by atoms with van der Waals surface area (Å²) in [6, 6.07) is 0. The van der Waals surface area contributed by atoms with E-state index in [1.165, 1.54) is 180 Å². The van der Waals surface area contributed by atoms with Crippen LogP contribution in [0.2, 0.25) is 0 Å². The highest BCUT2D eigenvalue weighted by Crippen LogP contribution is 2.17. The van der Waals surface area contributed by atoms with Gasteiger partial charge < -0.3 is 14.2 Å². The normalized spacial score (nSPS) is 12.4. The molecule has 0 amide bonds. The molecular weight excluding hydrogens is 889 g/mol. The van der Waals surface area contributed by atoms with Crippen molar-refractivity contribution in [2.45, 2.75) is 329 Å². The van der Waals surface area contributed by atoms with Crippen molar-refractivity contribution in [3.05, 3.63) is 60.8 Å². The summed E-state index contributed by atoms with van der Waals surface area (Å²) in [6.07, 6.45) is 76.6. The first-order chi connectivity index (χ1) is 35.5. The van der Waals surface area contributed by atoms with Gasteiger partial charge in [-0.2, -0.15) is 0 Å². The van der Waals surface area contributed by atoms with Gasteiger partial charge in [0.05, 0.1) is 0 Å². The Bertz CT molecular complexity index is 1290. The summed E-state index contributed by atoms with van der Waals surface area (Å²) in [6.45, 7) is 6.51. The van der Waals surface area contributed by atoms with E-state index in [1.54, 1.807) is 0 Å². The van der Waals surface area contributed by atoms with Crippen LogP contribution in [0.1, 0.15) is 323 Å². The van der Waals surface area contributed by atoms with Crippen molar-refractivity contribution in [2.75, 3.05) is 13.2 Å². The van der Waals surface area contributed by atoms with Gasteiger partial charge in [-0.15, -0.1) is 0 Å². The van der Waals surface area contributed by atoms with Crippen LogP contribution in [0, 0.1) is 0 Å². The Balaban J connectivity index is 4.25. The lowest BCUT2D eigenvalue weighted by atomic mass is 10.0. The third-order valence-electron chi connectivity index (χ3n) is 13.8. The Labute approximate surface area is 447 Å². The highest BCUT2D eigenvalue weighted by Gasteiger charge is 2.19. The van der Waals surface area contributed by atoms with E-state index < -0.39 is 6.10 Å². The van der Waals surface area contributed by atoms with Gasteiger partial charge in [0, 0.05) is 19.3 Å². The highest BCUT2D eigenvalue weighted by atomic mass is 16.6. The van der Waals surface area contributed by atoms with Crippen molar-refractivity contribution in [2.24, 2.45) is 0 Å². The Kier molecular flexibility index (Phi) is 58.2. The molecule has 0 fully saturated rings. The maximum atomic E-state index is 12.9. The average molecular weight is 1010 g/mol. The molecule has 0 heterocycles. The summed E-state index contributed by atoms with van der Waals surface area (Å²) in [4.78, 5) is 38.2. The first kappa shape index (κ1) is 69.1. The molecule has 0 aromatic heterocycles. The molecule has 6 nitrogen and oxygen atoms in total. The van der Waals surface area contributed by atoms with E-state index in [1.807, 2.05) is 0 Å². The quantitative estimate of drug-likeness (QED) is 0.0261. The summed E-state index contributed by atoms with van der Waals surface area (Å²) >= 11 is 0. The number of carbonyl (C=O) groups is 3. The van der Waals surface area contributed by atoms with Crippen LogP contribution in [0.4, 0.5) is 0 Å². The van der Waals surface area contributed by atoms with Gasteiger partial charge in [-0.1, -0.05) is 287 Å². The maximum Gasteiger partial charge on any atom is 0.306 e. The van der Waals surface area contributed by atoms with Gasteiger partial charge in [-0.3, -0.25) is 14.4 Å². The zero-order valence-corrected chi connectivity index (χ0v) is 47.9. The molecule has 0 aromatic carbocycles. The monoisotopic (exact) mass is 1010 g/mol. The second-order valence-corrected chi connectivity index (χ2v) is 20.9. The molecule has 0 aromatic rings. The van der Waals surface area contributed by atoms with E-state index in [2.05, 4.69) is 81.5 Å². The van der Waals surface area contributed by atoms with E-state index in [4.69, 9.17) is 14.2 Å². The molecule has 1 atom stereocenters. The van der Waals surface area contributed by atoms with Crippen molar-refractivity contribution in [3.63, 3.8) is 0 Å². The van der Waals surface area contributed by atoms with Crippen molar-refractivity contribution in [1.82, 2.24) is 0 Å². The zero-order chi connectivity index (χ0) is 52.2. The predicted molar refractivity (Wildman–Crippen MR) is 312 cm³/mol. The van der Waals surface area contributed by atoms with Crippen LogP contribution in [-0.4, -0.2) is 37.2 Å². The Hall–Kier alpha value is -2.89. The van der Waals surface area contributed by atoms with Crippen LogP contribution in [-0.2, 0) is 28.6 Å². The van der Waals surface area contributed by atoms with Crippen LogP contribution in [0.15, 0.2) is 60.8 Å². The van der Waals surface area contributed by atoms with Crippen molar-refractivity contribution in [3.8, 4) is 0 Å². The van der Waals surface area contributed by atoms with Gasteiger partial charge in [0.2, 0.25) is 0 Å². The topological polar surface area (TPSA) is 78.9 Å². The van der Waals surface area contributed by atoms with Crippen LogP contribution >= 0.6 is 0 Å². The molecule has 0 aliphatic rings. The summed E-state index contributed by atoms with van der Waals surface area (Å²) in [5.74, 6) is -0.889. The Morgan fingerprint density at radius 2 is 0.556 bits per heavy atom. The molecule has 0 aliphatic carbocycles. The van der Waals surface area contributed by atoms with E-state index in [9.17, 15) is 14.4 Å². The van der Waals surface area contributed by atoms with Crippen LogP contribution in [0.3, 0.4) is 0 Å². The van der Waals surface area contributed by atoms with Gasteiger partial charge in [0.25, 0.3) is 0 Å². The Morgan fingerprint density at radius 3 is 0.903 bits per heavy atom. The standard InChI is InChI=1S/C66H118O6/c1-4-7-10-13-16-19-22-24-26-28-30-31-32-33-34-36-37-39-41-44-47-50-53-56-59-65(68)71-62-63(61-70-64(67)58-55-52-49-46-43-21-18-15-12-9-6-3)72-66(69)60-57-54-51-48-45-42-40-38-35-29-27-25-23-20-17-14-11-8-5-2/h8,11,15,17-18,20,25,27,35,38,63H,4-7,9-10,12-14,16,19,21-24,26,28-34,36-37,39-62H2,1-3H3/b11-8-,18-15-,20-17-,27-25-,38-35-. The molecule has 0 aliphatic heterocycles. The molecule has 418 valence electrons. The van der Waals surface area contributed by atoms with E-state index in [-0.39, 0.29) is 31.1 Å². The van der Waals surface area contributed by atoms with Gasteiger partial charge in [0.1, 0.15) is 13.2 Å². The average Bonchev–Trinajstić information content (AvgIpc) is 3.38. The van der Waals surface area contributed by atoms with Gasteiger partial charge >= 0.3 is 17.9 Å². The van der Waals surface area contributed by atoms with Crippen molar-refractivity contribution in [1.29, 1.82) is 0 Å². The number of rotatable bonds is 57. The number of ether oxygens (including phenoxy) is 3. The lowest BCUT2D eigenvalue weighted by molar-refractivity contribution is -0.167. The van der Waals surface area contributed by atoms with E-state index in [0.29, 0.717) is 19.3 Å². The molecule has 6 heteroatoms. The fraction of sp³-hybridized carbons (Fsp3) is 0.803. The lowest BCUT2D eigenvalue weighted by Crippen LogP contribution is -2.30. The maximum absolute atomic E-state index is 12.9. The van der Waals surface area contributed by atoms with E-state index >= 15 is 0 Å². The molecule has 72 heavy (non-hydrogen) atoms. The smallest absolute Gasteiger partial charge is 0.306 e. The molecule has 1 unspecified atom stereocenters. The van der Waals surface area contributed by atoms with Gasteiger partial charge in [-0.05, 0) is 77.0 Å². The summed E-state index contributed by atoms with van der Waals surface area (Å²) in [5.41, 5.74) is 0. The molecule has 0 rings (SSSR count). The van der Waals surface area contributed by atoms with Crippen molar-refractivity contribution < 1.29 is 28.6 Å². The first-order valence-electron chi connectivity index (χ1n) is 31.3. The molecule has 0 bridgehead atoms. The second kappa shape index (κ2) is 60.7. The molecule has 0 radical (unpaired) electrons. The third-order valence-corrected chi connectivity index (χ3v) is 13.8. The number of carbonyl (C=O) groups excluding carboxylic acids is 3. The summed E-state index contributed by atoms with van der Waals surface area (Å²) < 4.78 is 16.9. The minimum Gasteiger partial charge on any atom is -0.462 e. The predicted octanol–water partition coefficient (Wildman–Crippen LogP) is 21.2. The minimum atomic E-state index is -0.784. The lowest BCUT2D eigenvalue weighted by Gasteiger charge is -2.18. The van der Waals surface area contributed by atoms with E-state index in [0.717, 1.165) is 103 Å². The van der Waals surface area contributed by atoms with Gasteiger partial charge in [-0.25, -0.2) is 0 Å². The summed E-state index contributed by atoms with van der Waals surface area (Å²) in [7, 11) is 0. The summed E-state index contributed by atoms with van der Waals surface area (Å²) in [5, 5.41) is 0. The number of hydrogen-bond acceptors (Lipinski definition) is 6. The number of allylic oxidation sites excluding steroid dienone is 10. The molecule has 0 N–H and O–H groups in total. The second-order valence-electron chi connectivity index (χ2n) is 20.9. The minimum absolute atomic E-state index is 0.0799. The zero-order valence-electron chi connectivity index (χ0n) is 47.9. The molecule has 0 saturated carbocycles. The number of hydrogen-bond donors (Lipinski definition) is 0. The molecule has 0 spiro atoms. The highest BCUT2D eigenvalue weighted by molar-refractivity contribution is 5.71. The van der Waals surface area contributed by atoms with Crippen LogP contribution in [0.25, 0.3) is 0 Å².